The summed E-state index contributed by atoms with van der Waals surface area (Å²) < 4.78 is 0. The summed E-state index contributed by atoms with van der Waals surface area (Å²) >= 11 is 0. The number of carboxylic acids is 1. The number of hydrogen-bond donors (Lipinski definition) is 6. The Bertz CT molecular complexity index is 510. The van der Waals surface area contributed by atoms with E-state index < -0.39 is 17.6 Å². The first-order valence-electron chi connectivity index (χ1n) is 6.37. The highest BCUT2D eigenvalue weighted by atomic mass is 16.4. The molecule has 1 aromatic heterocycles. The molecule has 1 saturated heterocycles. The van der Waals surface area contributed by atoms with Crippen LogP contribution in [0.1, 0.15) is 12.1 Å². The number of carbonyl (C=O) groups is 1. The quantitative estimate of drug-likeness (QED) is 0.389. The van der Waals surface area contributed by atoms with Crippen molar-refractivity contribution < 1.29 is 15.0 Å². The van der Waals surface area contributed by atoms with Crippen LogP contribution in [0.2, 0.25) is 0 Å². The SMILES string of the molecule is NCCNc1nc(C2(C(=O)O)CC(O)CN2)ccc1N. The summed E-state index contributed by atoms with van der Waals surface area (Å²) in [6, 6.07) is 3.15. The third-order valence-electron chi connectivity index (χ3n) is 3.35. The molecular weight excluding hydrogens is 262 g/mol. The van der Waals surface area contributed by atoms with Crippen molar-refractivity contribution in [1.82, 2.24) is 10.3 Å². The summed E-state index contributed by atoms with van der Waals surface area (Å²) in [7, 11) is 0. The van der Waals surface area contributed by atoms with Gasteiger partial charge < -0.3 is 27.0 Å². The van der Waals surface area contributed by atoms with E-state index in [2.05, 4.69) is 15.6 Å². The van der Waals surface area contributed by atoms with Gasteiger partial charge in [-0.05, 0) is 12.1 Å². The Balaban J connectivity index is 2.37. The molecular formula is C12H19N5O3. The maximum Gasteiger partial charge on any atom is 0.330 e. The molecule has 1 aliphatic heterocycles. The van der Waals surface area contributed by atoms with Crippen LogP contribution in [-0.2, 0) is 10.3 Å². The van der Waals surface area contributed by atoms with Gasteiger partial charge in [-0.15, -0.1) is 0 Å². The van der Waals surface area contributed by atoms with Gasteiger partial charge in [0.25, 0.3) is 0 Å². The summed E-state index contributed by atoms with van der Waals surface area (Å²) in [5.41, 5.74) is 10.6. The first-order valence-corrected chi connectivity index (χ1v) is 6.37. The molecule has 110 valence electrons. The smallest absolute Gasteiger partial charge is 0.330 e. The van der Waals surface area contributed by atoms with Gasteiger partial charge in [-0.1, -0.05) is 0 Å². The Kier molecular flexibility index (Phi) is 4.07. The number of aliphatic carboxylic acids is 1. The first kappa shape index (κ1) is 14.5. The number of aliphatic hydroxyl groups is 1. The van der Waals surface area contributed by atoms with Crippen LogP contribution in [0.4, 0.5) is 11.5 Å². The second-order valence-electron chi connectivity index (χ2n) is 4.80. The van der Waals surface area contributed by atoms with Gasteiger partial charge in [0.1, 0.15) is 5.82 Å². The van der Waals surface area contributed by atoms with Crippen molar-refractivity contribution in [2.75, 3.05) is 30.7 Å². The van der Waals surface area contributed by atoms with Crippen LogP contribution in [0, 0.1) is 0 Å². The molecule has 0 aliphatic carbocycles. The Labute approximate surface area is 116 Å². The van der Waals surface area contributed by atoms with Crippen LogP contribution in [-0.4, -0.2) is 46.9 Å². The van der Waals surface area contributed by atoms with Crippen molar-refractivity contribution in [3.8, 4) is 0 Å². The van der Waals surface area contributed by atoms with E-state index in [1.165, 1.54) is 0 Å². The molecule has 8 heteroatoms. The minimum atomic E-state index is -1.38. The fourth-order valence-corrected chi connectivity index (χ4v) is 2.30. The van der Waals surface area contributed by atoms with Gasteiger partial charge in [0.15, 0.2) is 5.54 Å². The van der Waals surface area contributed by atoms with E-state index in [4.69, 9.17) is 11.5 Å². The van der Waals surface area contributed by atoms with E-state index in [0.29, 0.717) is 30.3 Å². The standard InChI is InChI=1S/C12H19N5O3/c13-3-4-15-10-8(14)1-2-9(17-10)12(11(19)20)5-7(18)6-16-12/h1-2,7,16,18H,3-6,13-14H2,(H,15,17)(H,19,20). The van der Waals surface area contributed by atoms with Crippen LogP contribution < -0.4 is 22.1 Å². The summed E-state index contributed by atoms with van der Waals surface area (Å²) in [5.74, 6) is -0.673. The van der Waals surface area contributed by atoms with Crippen molar-refractivity contribution in [3.63, 3.8) is 0 Å². The molecule has 1 fully saturated rings. The molecule has 1 aliphatic rings. The topological polar surface area (TPSA) is 147 Å². The number of rotatable bonds is 5. The van der Waals surface area contributed by atoms with Crippen LogP contribution in [0.25, 0.3) is 0 Å². The molecule has 0 amide bonds. The van der Waals surface area contributed by atoms with E-state index >= 15 is 0 Å². The van der Waals surface area contributed by atoms with Crippen molar-refractivity contribution >= 4 is 17.5 Å². The zero-order valence-electron chi connectivity index (χ0n) is 11.0. The minimum Gasteiger partial charge on any atom is -0.480 e. The third-order valence-corrected chi connectivity index (χ3v) is 3.35. The fourth-order valence-electron chi connectivity index (χ4n) is 2.30. The van der Waals surface area contributed by atoms with Crippen LogP contribution >= 0.6 is 0 Å². The average molecular weight is 281 g/mol. The fraction of sp³-hybridized carbons (Fsp3) is 0.500. The lowest BCUT2D eigenvalue weighted by Crippen LogP contribution is -2.45. The van der Waals surface area contributed by atoms with Gasteiger partial charge in [0.2, 0.25) is 0 Å². The zero-order chi connectivity index (χ0) is 14.8. The highest BCUT2D eigenvalue weighted by molar-refractivity contribution is 5.81. The van der Waals surface area contributed by atoms with Crippen molar-refractivity contribution in [2.45, 2.75) is 18.1 Å². The number of aromatic nitrogens is 1. The minimum absolute atomic E-state index is 0.0651. The molecule has 8 N–H and O–H groups in total. The first-order chi connectivity index (χ1) is 9.49. The number of β-amino-alcohol motifs (C(OH)–C–C–N with tert-alkyl or cyclic N) is 1. The van der Waals surface area contributed by atoms with Crippen LogP contribution in [0.3, 0.4) is 0 Å². The molecule has 0 saturated carbocycles. The molecule has 2 unspecified atom stereocenters. The second-order valence-corrected chi connectivity index (χ2v) is 4.80. The molecule has 0 aromatic carbocycles. The predicted molar refractivity (Wildman–Crippen MR) is 74.1 cm³/mol. The number of hydrogen-bond acceptors (Lipinski definition) is 7. The third kappa shape index (κ3) is 2.53. The van der Waals surface area contributed by atoms with E-state index in [1.54, 1.807) is 12.1 Å². The number of nitrogen functional groups attached to an aromatic ring is 1. The van der Waals surface area contributed by atoms with E-state index in [-0.39, 0.29) is 13.0 Å². The van der Waals surface area contributed by atoms with Gasteiger partial charge >= 0.3 is 5.97 Å². The van der Waals surface area contributed by atoms with Crippen LogP contribution in [0.5, 0.6) is 0 Å². The normalized spacial score (nSPS) is 25.6. The summed E-state index contributed by atoms with van der Waals surface area (Å²) in [6.07, 6.45) is -0.652. The van der Waals surface area contributed by atoms with E-state index in [9.17, 15) is 15.0 Å². The number of nitrogens with two attached hydrogens (primary N) is 2. The summed E-state index contributed by atoms with van der Waals surface area (Å²) in [5, 5.41) is 24.9. The lowest BCUT2D eigenvalue weighted by Gasteiger charge is -2.24. The summed E-state index contributed by atoms with van der Waals surface area (Å²) in [4.78, 5) is 15.9. The number of carboxylic acid groups (broad SMARTS) is 1. The van der Waals surface area contributed by atoms with Crippen molar-refractivity contribution in [3.05, 3.63) is 17.8 Å². The predicted octanol–water partition coefficient (Wildman–Crippen LogP) is -1.33. The van der Waals surface area contributed by atoms with Gasteiger partial charge in [-0.25, -0.2) is 9.78 Å². The van der Waals surface area contributed by atoms with Gasteiger partial charge in [-0.3, -0.25) is 5.32 Å². The Morgan fingerprint density at radius 1 is 1.60 bits per heavy atom. The van der Waals surface area contributed by atoms with Crippen LogP contribution in [0.15, 0.2) is 12.1 Å². The highest BCUT2D eigenvalue weighted by Crippen LogP contribution is 2.32. The van der Waals surface area contributed by atoms with Gasteiger partial charge in [0.05, 0.1) is 17.5 Å². The monoisotopic (exact) mass is 281 g/mol. The summed E-state index contributed by atoms with van der Waals surface area (Å²) in [6.45, 7) is 1.10. The second kappa shape index (κ2) is 5.61. The number of nitrogens with one attached hydrogen (secondary N) is 2. The zero-order valence-corrected chi connectivity index (χ0v) is 11.0. The molecule has 8 nitrogen and oxygen atoms in total. The molecule has 20 heavy (non-hydrogen) atoms. The molecule has 2 atom stereocenters. The average Bonchev–Trinajstić information content (AvgIpc) is 2.81. The maximum absolute atomic E-state index is 11.6. The Morgan fingerprint density at radius 2 is 2.35 bits per heavy atom. The Hall–Kier alpha value is -1.90. The van der Waals surface area contributed by atoms with Crippen molar-refractivity contribution in [2.24, 2.45) is 5.73 Å². The molecule has 2 rings (SSSR count). The largest absolute Gasteiger partial charge is 0.480 e. The highest BCUT2D eigenvalue weighted by Gasteiger charge is 2.47. The number of pyridine rings is 1. The number of nitrogens with zero attached hydrogens (tertiary/aromatic N) is 1. The number of aliphatic hydroxyl groups excluding tert-OH is 1. The molecule has 0 bridgehead atoms. The molecule has 2 heterocycles. The van der Waals surface area contributed by atoms with Gasteiger partial charge in [0, 0.05) is 26.1 Å². The van der Waals surface area contributed by atoms with Crippen molar-refractivity contribution in [1.29, 1.82) is 0 Å². The molecule has 0 radical (unpaired) electrons. The maximum atomic E-state index is 11.6. The number of anilines is 2. The lowest BCUT2D eigenvalue weighted by molar-refractivity contribution is -0.145. The van der Waals surface area contributed by atoms with E-state index in [1.807, 2.05) is 0 Å². The molecule has 1 aromatic rings. The Morgan fingerprint density at radius 3 is 2.90 bits per heavy atom. The van der Waals surface area contributed by atoms with Gasteiger partial charge in [-0.2, -0.15) is 0 Å². The molecule has 0 spiro atoms. The van der Waals surface area contributed by atoms with E-state index in [0.717, 1.165) is 0 Å². The lowest BCUT2D eigenvalue weighted by atomic mass is 9.92.